The number of nitrogens with one attached hydrogen (secondary N) is 2. The van der Waals surface area contributed by atoms with Crippen molar-refractivity contribution in [2.24, 2.45) is 0 Å². The van der Waals surface area contributed by atoms with Gasteiger partial charge in [-0.3, -0.25) is 0 Å². The van der Waals surface area contributed by atoms with E-state index in [2.05, 4.69) is 22.5 Å². The van der Waals surface area contributed by atoms with E-state index in [0.717, 1.165) is 44.2 Å². The van der Waals surface area contributed by atoms with Gasteiger partial charge in [0.05, 0.1) is 0 Å². The summed E-state index contributed by atoms with van der Waals surface area (Å²) >= 11 is 0. The maximum absolute atomic E-state index is 4.98. The number of ether oxygens (including phenoxy) is 1. The van der Waals surface area contributed by atoms with Crippen LogP contribution in [-0.4, -0.2) is 31.8 Å². The third-order valence-corrected chi connectivity index (χ3v) is 2.14. The first-order valence-corrected chi connectivity index (χ1v) is 5.80. The Labute approximate surface area is 97.4 Å². The van der Waals surface area contributed by atoms with Gasteiger partial charge in [0.1, 0.15) is 11.6 Å². The van der Waals surface area contributed by atoms with Crippen LogP contribution in [0.1, 0.15) is 19.8 Å². The van der Waals surface area contributed by atoms with Crippen LogP contribution in [0.3, 0.4) is 0 Å². The molecule has 1 aromatic rings. The van der Waals surface area contributed by atoms with Gasteiger partial charge in [-0.2, -0.15) is 0 Å². The number of pyridine rings is 1. The number of hydrogen-bond acceptors (Lipinski definition) is 4. The minimum absolute atomic E-state index is 0.779. The maximum atomic E-state index is 4.98. The number of methoxy groups -OCH3 is 1. The minimum Gasteiger partial charge on any atom is -0.385 e. The molecule has 0 fully saturated rings. The second-order valence-electron chi connectivity index (χ2n) is 3.61. The molecule has 4 heteroatoms. The van der Waals surface area contributed by atoms with Crippen LogP contribution in [0.15, 0.2) is 18.2 Å². The quantitative estimate of drug-likeness (QED) is 0.664. The van der Waals surface area contributed by atoms with Crippen molar-refractivity contribution in [3.63, 3.8) is 0 Å². The molecule has 1 aromatic heterocycles. The fourth-order valence-corrected chi connectivity index (χ4v) is 1.32. The van der Waals surface area contributed by atoms with E-state index in [1.807, 2.05) is 18.2 Å². The summed E-state index contributed by atoms with van der Waals surface area (Å²) in [6.07, 6.45) is 2.10. The molecule has 4 nitrogen and oxygen atoms in total. The van der Waals surface area contributed by atoms with Gasteiger partial charge >= 0.3 is 0 Å². The van der Waals surface area contributed by atoms with E-state index in [0.29, 0.717) is 0 Å². The fourth-order valence-electron chi connectivity index (χ4n) is 1.32. The Morgan fingerprint density at radius 2 is 1.88 bits per heavy atom. The van der Waals surface area contributed by atoms with E-state index in [1.165, 1.54) is 0 Å². The molecule has 90 valence electrons. The molecule has 0 unspecified atom stereocenters. The molecular weight excluding hydrogens is 202 g/mol. The van der Waals surface area contributed by atoms with Crippen molar-refractivity contribution in [3.05, 3.63) is 18.2 Å². The van der Waals surface area contributed by atoms with Crippen LogP contribution in [0.4, 0.5) is 11.6 Å². The Morgan fingerprint density at radius 1 is 1.19 bits per heavy atom. The van der Waals surface area contributed by atoms with Crippen molar-refractivity contribution >= 4 is 11.6 Å². The Balaban J connectivity index is 2.35. The lowest BCUT2D eigenvalue weighted by atomic mass is 10.4. The van der Waals surface area contributed by atoms with E-state index in [1.54, 1.807) is 7.11 Å². The molecule has 0 amide bonds. The fraction of sp³-hybridized carbons (Fsp3) is 0.583. The molecule has 0 aliphatic heterocycles. The molecule has 1 heterocycles. The smallest absolute Gasteiger partial charge is 0.128 e. The van der Waals surface area contributed by atoms with E-state index >= 15 is 0 Å². The van der Waals surface area contributed by atoms with Gasteiger partial charge in [0.15, 0.2) is 0 Å². The van der Waals surface area contributed by atoms with Crippen molar-refractivity contribution in [2.45, 2.75) is 19.8 Å². The van der Waals surface area contributed by atoms with Crippen molar-refractivity contribution in [3.8, 4) is 0 Å². The first kappa shape index (κ1) is 12.8. The van der Waals surface area contributed by atoms with Gasteiger partial charge in [-0.05, 0) is 25.0 Å². The lowest BCUT2D eigenvalue weighted by Crippen LogP contribution is -2.07. The zero-order chi connectivity index (χ0) is 11.6. The summed E-state index contributed by atoms with van der Waals surface area (Å²) in [5.74, 6) is 1.84. The predicted octanol–water partition coefficient (Wildman–Crippen LogP) is 2.35. The van der Waals surface area contributed by atoms with Crippen LogP contribution >= 0.6 is 0 Å². The van der Waals surface area contributed by atoms with Crippen molar-refractivity contribution in [1.82, 2.24) is 4.98 Å². The Kier molecular flexibility index (Phi) is 6.33. The summed E-state index contributed by atoms with van der Waals surface area (Å²) in [6.45, 7) is 4.76. The standard InChI is InChI=1S/C12H21N3O/c1-3-8-13-11-6-4-7-12(15-11)14-9-5-10-16-2/h4,6-7H,3,5,8-10H2,1-2H3,(H2,13,14,15). The number of rotatable bonds is 8. The second kappa shape index (κ2) is 7.93. The molecule has 0 aromatic carbocycles. The average Bonchev–Trinajstić information content (AvgIpc) is 2.33. The summed E-state index contributed by atoms with van der Waals surface area (Å²) in [7, 11) is 1.72. The summed E-state index contributed by atoms with van der Waals surface area (Å²) in [5.41, 5.74) is 0. The van der Waals surface area contributed by atoms with Gasteiger partial charge in [0, 0.05) is 26.8 Å². The van der Waals surface area contributed by atoms with Crippen LogP contribution in [0, 0.1) is 0 Å². The van der Waals surface area contributed by atoms with Crippen molar-refractivity contribution in [1.29, 1.82) is 0 Å². The molecule has 0 radical (unpaired) electrons. The SMILES string of the molecule is CCCNc1cccc(NCCCOC)n1. The highest BCUT2D eigenvalue weighted by Crippen LogP contribution is 2.08. The van der Waals surface area contributed by atoms with E-state index in [-0.39, 0.29) is 0 Å². The molecule has 0 saturated carbocycles. The third-order valence-electron chi connectivity index (χ3n) is 2.14. The van der Waals surface area contributed by atoms with E-state index < -0.39 is 0 Å². The van der Waals surface area contributed by atoms with Gasteiger partial charge in [0.2, 0.25) is 0 Å². The summed E-state index contributed by atoms with van der Waals surface area (Å²) in [5, 5.41) is 6.53. The molecule has 0 bridgehead atoms. The Bertz CT molecular complexity index is 291. The lowest BCUT2D eigenvalue weighted by molar-refractivity contribution is 0.198. The second-order valence-corrected chi connectivity index (χ2v) is 3.61. The van der Waals surface area contributed by atoms with Crippen LogP contribution in [0.2, 0.25) is 0 Å². The van der Waals surface area contributed by atoms with Gasteiger partial charge in [-0.25, -0.2) is 4.98 Å². The minimum atomic E-state index is 0.779. The molecular formula is C12H21N3O. The maximum Gasteiger partial charge on any atom is 0.128 e. The number of nitrogens with zero attached hydrogens (tertiary/aromatic N) is 1. The highest BCUT2D eigenvalue weighted by molar-refractivity contribution is 5.44. The zero-order valence-corrected chi connectivity index (χ0v) is 10.1. The first-order valence-electron chi connectivity index (χ1n) is 5.80. The number of anilines is 2. The third kappa shape index (κ3) is 4.98. The number of aromatic nitrogens is 1. The van der Waals surface area contributed by atoms with Gasteiger partial charge in [-0.15, -0.1) is 0 Å². The summed E-state index contributed by atoms with van der Waals surface area (Å²) in [4.78, 5) is 4.44. The van der Waals surface area contributed by atoms with Gasteiger partial charge in [0.25, 0.3) is 0 Å². The molecule has 2 N–H and O–H groups in total. The number of hydrogen-bond donors (Lipinski definition) is 2. The van der Waals surface area contributed by atoms with E-state index in [4.69, 9.17) is 4.74 Å². The highest BCUT2D eigenvalue weighted by atomic mass is 16.5. The van der Waals surface area contributed by atoms with Crippen LogP contribution < -0.4 is 10.6 Å². The van der Waals surface area contributed by atoms with Crippen molar-refractivity contribution in [2.75, 3.05) is 37.4 Å². The lowest BCUT2D eigenvalue weighted by Gasteiger charge is -2.08. The van der Waals surface area contributed by atoms with Crippen LogP contribution in [-0.2, 0) is 4.74 Å². The first-order chi connectivity index (χ1) is 7.86. The van der Waals surface area contributed by atoms with Gasteiger partial charge in [-0.1, -0.05) is 13.0 Å². The monoisotopic (exact) mass is 223 g/mol. The topological polar surface area (TPSA) is 46.2 Å². The van der Waals surface area contributed by atoms with Crippen LogP contribution in [0.5, 0.6) is 0 Å². The van der Waals surface area contributed by atoms with Gasteiger partial charge < -0.3 is 15.4 Å². The largest absolute Gasteiger partial charge is 0.385 e. The highest BCUT2D eigenvalue weighted by Gasteiger charge is 1.95. The predicted molar refractivity (Wildman–Crippen MR) is 68.0 cm³/mol. The molecule has 0 saturated heterocycles. The molecule has 16 heavy (non-hydrogen) atoms. The molecule has 0 aliphatic rings. The Hall–Kier alpha value is -1.29. The molecule has 1 rings (SSSR count). The Morgan fingerprint density at radius 3 is 2.50 bits per heavy atom. The van der Waals surface area contributed by atoms with Crippen LogP contribution in [0.25, 0.3) is 0 Å². The molecule has 0 atom stereocenters. The molecule has 0 spiro atoms. The average molecular weight is 223 g/mol. The molecule has 0 aliphatic carbocycles. The van der Waals surface area contributed by atoms with Crippen molar-refractivity contribution < 1.29 is 4.74 Å². The zero-order valence-electron chi connectivity index (χ0n) is 10.1. The normalized spacial score (nSPS) is 10.1. The summed E-state index contributed by atoms with van der Waals surface area (Å²) < 4.78 is 4.98. The summed E-state index contributed by atoms with van der Waals surface area (Å²) in [6, 6.07) is 5.96. The van der Waals surface area contributed by atoms with E-state index in [9.17, 15) is 0 Å².